The van der Waals surface area contributed by atoms with Crippen LogP contribution in [0, 0.1) is 5.92 Å². The van der Waals surface area contributed by atoms with Crippen molar-refractivity contribution in [1.82, 2.24) is 10.1 Å². The van der Waals surface area contributed by atoms with Crippen molar-refractivity contribution >= 4 is 5.78 Å². The maximum absolute atomic E-state index is 11.5. The van der Waals surface area contributed by atoms with Crippen molar-refractivity contribution in [2.75, 3.05) is 0 Å². The van der Waals surface area contributed by atoms with Crippen LogP contribution < -0.4 is 0 Å². The molecular weight excluding hydrogens is 264 g/mol. The van der Waals surface area contributed by atoms with E-state index in [-0.39, 0.29) is 11.7 Å². The van der Waals surface area contributed by atoms with E-state index in [4.69, 9.17) is 4.52 Å². The van der Waals surface area contributed by atoms with Gasteiger partial charge in [-0.1, -0.05) is 57.0 Å². The molecule has 1 heterocycles. The van der Waals surface area contributed by atoms with Gasteiger partial charge in [0, 0.05) is 18.8 Å². The van der Waals surface area contributed by atoms with Gasteiger partial charge in [0.1, 0.15) is 5.78 Å². The highest BCUT2D eigenvalue weighted by molar-refractivity contribution is 5.76. The van der Waals surface area contributed by atoms with E-state index < -0.39 is 0 Å². The number of rotatable bonds is 8. The molecule has 0 spiro atoms. The Labute approximate surface area is 127 Å². The van der Waals surface area contributed by atoms with Crippen LogP contribution in [0.3, 0.4) is 0 Å². The summed E-state index contributed by atoms with van der Waals surface area (Å²) in [5.41, 5.74) is 0. The number of Topliss-reactive ketones (excluding diaryl/α,β-unsaturated/α-hetero) is 1. The molecule has 118 valence electrons. The Morgan fingerprint density at radius 2 is 2.10 bits per heavy atom. The second kappa shape index (κ2) is 8.30. The molecule has 0 amide bonds. The average molecular weight is 292 g/mol. The number of aryl methyl sites for hydroxylation is 1. The molecule has 1 saturated carbocycles. The van der Waals surface area contributed by atoms with Gasteiger partial charge in [-0.05, 0) is 19.3 Å². The summed E-state index contributed by atoms with van der Waals surface area (Å²) in [6.45, 7) is 3.66. The van der Waals surface area contributed by atoms with Gasteiger partial charge in [-0.2, -0.15) is 4.98 Å². The molecule has 1 aliphatic rings. The van der Waals surface area contributed by atoms with E-state index in [0.29, 0.717) is 12.3 Å². The molecule has 0 radical (unpaired) electrons. The van der Waals surface area contributed by atoms with E-state index in [1.165, 1.54) is 38.5 Å². The lowest BCUT2D eigenvalue weighted by atomic mass is 9.84. The van der Waals surface area contributed by atoms with Gasteiger partial charge in [0.2, 0.25) is 5.89 Å². The molecule has 1 fully saturated rings. The van der Waals surface area contributed by atoms with Gasteiger partial charge in [-0.3, -0.25) is 0 Å². The summed E-state index contributed by atoms with van der Waals surface area (Å²) in [6.07, 6.45) is 11.7. The Balaban J connectivity index is 1.85. The third kappa shape index (κ3) is 5.25. The first kappa shape index (κ1) is 16.2. The normalized spacial score (nSPS) is 17.8. The Morgan fingerprint density at radius 1 is 1.33 bits per heavy atom. The molecular formula is C17H28N2O2. The second-order valence-electron chi connectivity index (χ2n) is 6.44. The van der Waals surface area contributed by atoms with Gasteiger partial charge in [-0.25, -0.2) is 0 Å². The van der Waals surface area contributed by atoms with Gasteiger partial charge >= 0.3 is 0 Å². The number of nitrogens with zero attached hydrogens (tertiary/aromatic N) is 2. The number of aromatic nitrogens is 2. The molecule has 4 nitrogen and oxygen atoms in total. The first-order valence-electron chi connectivity index (χ1n) is 8.51. The molecule has 0 aromatic carbocycles. The number of carbonyl (C=O) groups excluding carboxylic acids is 1. The molecule has 21 heavy (non-hydrogen) atoms. The number of hydrogen-bond donors (Lipinski definition) is 0. The van der Waals surface area contributed by atoms with Crippen molar-refractivity contribution < 1.29 is 9.32 Å². The Hall–Kier alpha value is -1.19. The average Bonchev–Trinajstić information content (AvgIpc) is 2.96. The minimum absolute atomic E-state index is 0.110. The van der Waals surface area contributed by atoms with Crippen molar-refractivity contribution in [2.24, 2.45) is 5.92 Å². The maximum atomic E-state index is 11.5. The van der Waals surface area contributed by atoms with E-state index in [1.54, 1.807) is 6.92 Å². The minimum atomic E-state index is 0.110. The zero-order valence-electron chi connectivity index (χ0n) is 13.4. The maximum Gasteiger partial charge on any atom is 0.230 e. The topological polar surface area (TPSA) is 56.0 Å². The summed E-state index contributed by atoms with van der Waals surface area (Å²) < 4.78 is 5.35. The van der Waals surface area contributed by atoms with Gasteiger partial charge in [0.25, 0.3) is 0 Å². The second-order valence-corrected chi connectivity index (χ2v) is 6.44. The van der Waals surface area contributed by atoms with E-state index in [0.717, 1.165) is 31.0 Å². The molecule has 1 aromatic rings. The standard InChI is InChI=1S/C17H28N2O2/c1-3-16-18-17(21-19-16)15(12-13(2)20)11-7-10-14-8-5-4-6-9-14/h14-15H,3-12H2,1-2H3/t15-/m1/s1. The van der Waals surface area contributed by atoms with E-state index in [1.807, 2.05) is 6.92 Å². The monoisotopic (exact) mass is 292 g/mol. The highest BCUT2D eigenvalue weighted by Crippen LogP contribution is 2.31. The predicted octanol–water partition coefficient (Wildman–Crippen LogP) is 4.45. The molecule has 4 heteroatoms. The van der Waals surface area contributed by atoms with E-state index in [9.17, 15) is 4.79 Å². The van der Waals surface area contributed by atoms with Crippen LogP contribution >= 0.6 is 0 Å². The summed E-state index contributed by atoms with van der Waals surface area (Å²) in [4.78, 5) is 15.9. The zero-order chi connectivity index (χ0) is 15.1. The van der Waals surface area contributed by atoms with Crippen LogP contribution in [0.2, 0.25) is 0 Å². The number of ketones is 1. The van der Waals surface area contributed by atoms with Gasteiger partial charge in [-0.15, -0.1) is 0 Å². The fraction of sp³-hybridized carbons (Fsp3) is 0.824. The molecule has 1 aromatic heterocycles. The fourth-order valence-corrected chi connectivity index (χ4v) is 3.37. The molecule has 0 unspecified atom stereocenters. The third-order valence-electron chi connectivity index (χ3n) is 4.57. The predicted molar refractivity (Wildman–Crippen MR) is 82.1 cm³/mol. The number of carbonyl (C=O) groups is 1. The van der Waals surface area contributed by atoms with Gasteiger partial charge in [0.15, 0.2) is 5.82 Å². The Kier molecular flexibility index (Phi) is 6.40. The lowest BCUT2D eigenvalue weighted by Crippen LogP contribution is -2.09. The molecule has 0 aliphatic heterocycles. The number of hydrogen-bond acceptors (Lipinski definition) is 4. The van der Waals surface area contributed by atoms with Crippen LogP contribution in [-0.4, -0.2) is 15.9 Å². The smallest absolute Gasteiger partial charge is 0.230 e. The first-order chi connectivity index (χ1) is 10.2. The van der Waals surface area contributed by atoms with Crippen LogP contribution in [0.4, 0.5) is 0 Å². The lowest BCUT2D eigenvalue weighted by molar-refractivity contribution is -0.117. The van der Waals surface area contributed by atoms with E-state index >= 15 is 0 Å². The van der Waals surface area contributed by atoms with Crippen molar-refractivity contribution in [1.29, 1.82) is 0 Å². The molecule has 0 saturated heterocycles. The summed E-state index contributed by atoms with van der Waals surface area (Å²) in [6, 6.07) is 0. The molecule has 2 rings (SSSR count). The van der Waals surface area contributed by atoms with Crippen LogP contribution in [0.25, 0.3) is 0 Å². The molecule has 1 aliphatic carbocycles. The van der Waals surface area contributed by atoms with Crippen molar-refractivity contribution in [3.05, 3.63) is 11.7 Å². The fourth-order valence-electron chi connectivity index (χ4n) is 3.37. The zero-order valence-corrected chi connectivity index (χ0v) is 13.4. The summed E-state index contributed by atoms with van der Waals surface area (Å²) >= 11 is 0. The van der Waals surface area contributed by atoms with Gasteiger partial charge < -0.3 is 9.32 Å². The highest BCUT2D eigenvalue weighted by atomic mass is 16.5. The van der Waals surface area contributed by atoms with E-state index in [2.05, 4.69) is 10.1 Å². The molecule has 0 N–H and O–H groups in total. The van der Waals surface area contributed by atoms with Crippen LogP contribution in [0.1, 0.15) is 89.3 Å². The van der Waals surface area contributed by atoms with Crippen molar-refractivity contribution in [3.63, 3.8) is 0 Å². The SMILES string of the molecule is CCc1noc([C@H](CCCC2CCCCC2)CC(C)=O)n1. The summed E-state index contributed by atoms with van der Waals surface area (Å²) in [7, 11) is 0. The lowest BCUT2D eigenvalue weighted by Gasteiger charge is -2.22. The Bertz CT molecular complexity index is 436. The van der Waals surface area contributed by atoms with Crippen molar-refractivity contribution in [2.45, 2.75) is 84.0 Å². The quantitative estimate of drug-likeness (QED) is 0.710. The van der Waals surface area contributed by atoms with Crippen molar-refractivity contribution in [3.8, 4) is 0 Å². The third-order valence-corrected chi connectivity index (χ3v) is 4.57. The largest absolute Gasteiger partial charge is 0.339 e. The molecule has 0 bridgehead atoms. The molecule has 1 atom stereocenters. The first-order valence-corrected chi connectivity index (χ1v) is 8.51. The Morgan fingerprint density at radius 3 is 2.71 bits per heavy atom. The minimum Gasteiger partial charge on any atom is -0.339 e. The highest BCUT2D eigenvalue weighted by Gasteiger charge is 2.21. The van der Waals surface area contributed by atoms with Crippen LogP contribution in [0.15, 0.2) is 4.52 Å². The van der Waals surface area contributed by atoms with Gasteiger partial charge in [0.05, 0.1) is 0 Å². The summed E-state index contributed by atoms with van der Waals surface area (Å²) in [5.74, 6) is 2.61. The van der Waals surface area contributed by atoms with Crippen LogP contribution in [0.5, 0.6) is 0 Å². The van der Waals surface area contributed by atoms with Crippen LogP contribution in [-0.2, 0) is 11.2 Å². The summed E-state index contributed by atoms with van der Waals surface area (Å²) in [5, 5.41) is 3.96.